The maximum Gasteiger partial charge on any atom is 0.338 e. The van der Waals surface area contributed by atoms with Crippen molar-refractivity contribution in [3.05, 3.63) is 76.9 Å². The highest BCUT2D eigenvalue weighted by Crippen LogP contribution is 2.38. The number of aromatic hydroxyl groups is 1. The van der Waals surface area contributed by atoms with Crippen LogP contribution < -0.4 is 29.1 Å². The van der Waals surface area contributed by atoms with Crippen LogP contribution in [0.3, 0.4) is 0 Å². The largest absolute Gasteiger partial charge is 0.504 e. The summed E-state index contributed by atoms with van der Waals surface area (Å²) in [7, 11) is 4.49. The van der Waals surface area contributed by atoms with Crippen molar-refractivity contribution in [2.24, 2.45) is 4.99 Å². The van der Waals surface area contributed by atoms with Gasteiger partial charge in [0.15, 0.2) is 16.3 Å². The number of carbonyl (C=O) groups is 1. The molecule has 1 aromatic heterocycles. The van der Waals surface area contributed by atoms with E-state index in [2.05, 4.69) is 20.9 Å². The van der Waals surface area contributed by atoms with Crippen molar-refractivity contribution < 1.29 is 28.8 Å². The van der Waals surface area contributed by atoms with E-state index in [4.69, 9.17) is 18.9 Å². The molecular weight excluding hydrogens is 564 g/mol. The Bertz CT molecular complexity index is 1590. The quantitative estimate of drug-likeness (QED) is 0.422. The third-order valence-corrected chi connectivity index (χ3v) is 7.26. The summed E-state index contributed by atoms with van der Waals surface area (Å²) in [5, 5.41) is 10.6. The number of aromatic nitrogens is 1. The number of allylic oxidation sites excluding steroid dienone is 1. The first-order valence-corrected chi connectivity index (χ1v) is 12.8. The molecule has 9 nitrogen and oxygen atoms in total. The molecule has 1 aliphatic heterocycles. The van der Waals surface area contributed by atoms with Gasteiger partial charge in [0.1, 0.15) is 17.5 Å². The Morgan fingerprint density at radius 2 is 1.89 bits per heavy atom. The highest BCUT2D eigenvalue weighted by atomic mass is 79.9. The lowest BCUT2D eigenvalue weighted by molar-refractivity contribution is -0.139. The number of methoxy groups -OCH3 is 3. The minimum atomic E-state index is -0.881. The normalized spacial score (nSPS) is 15.2. The average Bonchev–Trinajstić information content (AvgIpc) is 3.18. The molecule has 1 aliphatic rings. The van der Waals surface area contributed by atoms with Gasteiger partial charge in [-0.1, -0.05) is 27.3 Å². The van der Waals surface area contributed by atoms with E-state index in [9.17, 15) is 14.7 Å². The molecular formula is C26H25BrN2O7S. The van der Waals surface area contributed by atoms with Gasteiger partial charge in [-0.15, -0.1) is 0 Å². The number of esters is 1. The number of phenolic OH excluding ortho intramolecular Hbond substituents is 1. The molecule has 2 aromatic carbocycles. The van der Waals surface area contributed by atoms with Crippen LogP contribution in [0.5, 0.6) is 23.0 Å². The number of halogens is 1. The zero-order valence-corrected chi connectivity index (χ0v) is 23.2. The van der Waals surface area contributed by atoms with E-state index in [1.54, 1.807) is 50.3 Å². The van der Waals surface area contributed by atoms with Crippen molar-refractivity contribution >= 4 is 39.3 Å². The molecule has 194 valence electrons. The van der Waals surface area contributed by atoms with Crippen molar-refractivity contribution in [3.8, 4) is 23.0 Å². The van der Waals surface area contributed by atoms with Gasteiger partial charge < -0.3 is 24.1 Å². The van der Waals surface area contributed by atoms with Crippen LogP contribution in [0.15, 0.2) is 55.9 Å². The number of phenols is 1. The van der Waals surface area contributed by atoms with Crippen molar-refractivity contribution in [2.45, 2.75) is 19.9 Å². The number of rotatable bonds is 7. The maximum absolute atomic E-state index is 13.8. The SMILES string of the molecule is CCOC(=O)C1=C(C)N=c2s/c(=C\c3cc(Br)cc(OC)c3O)c(=O)n2[C@@H]1c1cc(OC)ccc1OC. The van der Waals surface area contributed by atoms with Crippen LogP contribution in [-0.4, -0.2) is 43.6 Å². The van der Waals surface area contributed by atoms with Gasteiger partial charge >= 0.3 is 5.97 Å². The first-order valence-electron chi connectivity index (χ1n) is 11.2. The molecule has 0 radical (unpaired) electrons. The lowest BCUT2D eigenvalue weighted by atomic mass is 9.94. The highest BCUT2D eigenvalue weighted by Gasteiger charge is 2.35. The number of thiazole rings is 1. The first kappa shape index (κ1) is 26.5. The third kappa shape index (κ3) is 4.88. The van der Waals surface area contributed by atoms with Gasteiger partial charge in [0.2, 0.25) is 0 Å². The van der Waals surface area contributed by atoms with Crippen LogP contribution in [0, 0.1) is 0 Å². The molecule has 0 unspecified atom stereocenters. The van der Waals surface area contributed by atoms with Crippen molar-refractivity contribution in [1.82, 2.24) is 4.57 Å². The van der Waals surface area contributed by atoms with Gasteiger partial charge in [0, 0.05) is 15.6 Å². The van der Waals surface area contributed by atoms with Crippen LogP contribution in [-0.2, 0) is 9.53 Å². The Kier molecular flexibility index (Phi) is 7.74. The van der Waals surface area contributed by atoms with E-state index >= 15 is 0 Å². The summed E-state index contributed by atoms with van der Waals surface area (Å²) in [4.78, 5) is 31.9. The number of hydrogen-bond donors (Lipinski definition) is 1. The fraction of sp³-hybridized carbons (Fsp3) is 0.269. The number of benzene rings is 2. The van der Waals surface area contributed by atoms with Crippen molar-refractivity contribution in [3.63, 3.8) is 0 Å². The number of carbonyl (C=O) groups excluding carboxylic acids is 1. The van der Waals surface area contributed by atoms with E-state index in [0.29, 0.717) is 42.1 Å². The van der Waals surface area contributed by atoms with Crippen LogP contribution in [0.25, 0.3) is 6.08 Å². The van der Waals surface area contributed by atoms with Gasteiger partial charge in [0.05, 0.1) is 43.7 Å². The zero-order chi connectivity index (χ0) is 26.9. The van der Waals surface area contributed by atoms with Gasteiger partial charge in [-0.3, -0.25) is 9.36 Å². The molecule has 1 N–H and O–H groups in total. The van der Waals surface area contributed by atoms with Crippen LogP contribution in [0.1, 0.15) is 31.0 Å². The van der Waals surface area contributed by atoms with Gasteiger partial charge in [0.25, 0.3) is 5.56 Å². The summed E-state index contributed by atoms with van der Waals surface area (Å²) in [6.07, 6.45) is 1.57. The molecule has 0 saturated carbocycles. The monoisotopic (exact) mass is 588 g/mol. The second-order valence-electron chi connectivity index (χ2n) is 7.96. The summed E-state index contributed by atoms with van der Waals surface area (Å²) in [6.45, 7) is 3.57. The van der Waals surface area contributed by atoms with Crippen molar-refractivity contribution in [1.29, 1.82) is 0 Å². The third-order valence-electron chi connectivity index (χ3n) is 5.82. The Labute approximate surface area is 225 Å². The van der Waals surface area contributed by atoms with Gasteiger partial charge in [-0.05, 0) is 50.3 Å². The number of ether oxygens (including phenoxy) is 4. The fourth-order valence-electron chi connectivity index (χ4n) is 4.14. The Hall–Kier alpha value is -3.57. The van der Waals surface area contributed by atoms with E-state index in [1.807, 2.05) is 0 Å². The minimum absolute atomic E-state index is 0.106. The van der Waals surface area contributed by atoms with E-state index < -0.39 is 17.6 Å². The fourth-order valence-corrected chi connectivity index (χ4v) is 5.63. The second kappa shape index (κ2) is 10.8. The molecule has 0 saturated heterocycles. The molecule has 3 aromatic rings. The number of hydrogen-bond acceptors (Lipinski definition) is 9. The van der Waals surface area contributed by atoms with Crippen LogP contribution >= 0.6 is 27.3 Å². The Morgan fingerprint density at radius 3 is 2.54 bits per heavy atom. The average molecular weight is 589 g/mol. The molecule has 0 amide bonds. The molecule has 37 heavy (non-hydrogen) atoms. The van der Waals surface area contributed by atoms with E-state index in [1.165, 1.54) is 25.9 Å². The number of nitrogens with zero attached hydrogens (tertiary/aromatic N) is 2. The van der Waals surface area contributed by atoms with Crippen molar-refractivity contribution in [2.75, 3.05) is 27.9 Å². The minimum Gasteiger partial charge on any atom is -0.504 e. The molecule has 2 heterocycles. The predicted molar refractivity (Wildman–Crippen MR) is 142 cm³/mol. The summed E-state index contributed by atoms with van der Waals surface area (Å²) >= 11 is 4.54. The van der Waals surface area contributed by atoms with Gasteiger partial charge in [-0.25, -0.2) is 9.79 Å². The molecule has 11 heteroatoms. The molecule has 0 fully saturated rings. The van der Waals surface area contributed by atoms with Crippen LogP contribution in [0.4, 0.5) is 0 Å². The highest BCUT2D eigenvalue weighted by molar-refractivity contribution is 9.10. The lowest BCUT2D eigenvalue weighted by Gasteiger charge is -2.26. The topological polar surface area (TPSA) is 109 Å². The van der Waals surface area contributed by atoms with Crippen LogP contribution in [0.2, 0.25) is 0 Å². The summed E-state index contributed by atoms with van der Waals surface area (Å²) in [5.74, 6) is 0.564. The van der Waals surface area contributed by atoms with E-state index in [-0.39, 0.29) is 23.7 Å². The second-order valence-corrected chi connectivity index (χ2v) is 9.88. The standard InChI is InChI=1S/C26H25BrN2O7S/c1-6-36-25(32)21-13(2)28-26-29(22(21)17-12-16(33-3)7-8-18(17)34-4)24(31)20(37-26)10-14-9-15(27)11-19(35-5)23(14)30/h7-12,22,30H,6H2,1-5H3/b20-10-/t22-/m1/s1. The summed E-state index contributed by atoms with van der Waals surface area (Å²) in [5.41, 5.74) is 1.17. The first-order chi connectivity index (χ1) is 17.7. The maximum atomic E-state index is 13.8. The zero-order valence-electron chi connectivity index (χ0n) is 20.8. The molecule has 4 rings (SSSR count). The molecule has 0 spiro atoms. The Morgan fingerprint density at radius 1 is 1.16 bits per heavy atom. The van der Waals surface area contributed by atoms with E-state index in [0.717, 1.165) is 11.3 Å². The molecule has 1 atom stereocenters. The lowest BCUT2D eigenvalue weighted by Crippen LogP contribution is -2.40. The summed E-state index contributed by atoms with van der Waals surface area (Å²) < 4.78 is 24.0. The summed E-state index contributed by atoms with van der Waals surface area (Å²) in [6, 6.07) is 7.59. The molecule has 0 aliphatic carbocycles. The van der Waals surface area contributed by atoms with Gasteiger partial charge in [-0.2, -0.15) is 0 Å². The number of fused-ring (bicyclic) bond motifs is 1. The predicted octanol–water partition coefficient (Wildman–Crippen LogP) is 3.29. The Balaban J connectivity index is 2.03. The molecule has 0 bridgehead atoms. The smallest absolute Gasteiger partial charge is 0.338 e.